The summed E-state index contributed by atoms with van der Waals surface area (Å²) in [6, 6.07) is 0.167. The van der Waals surface area contributed by atoms with Crippen molar-refractivity contribution in [3.8, 4) is 0 Å². The molecule has 1 fully saturated rings. The van der Waals surface area contributed by atoms with Gasteiger partial charge in [0.15, 0.2) is 0 Å². The van der Waals surface area contributed by atoms with Crippen LogP contribution in [0.3, 0.4) is 0 Å². The highest BCUT2D eigenvalue weighted by atomic mass is 16.6. The Morgan fingerprint density at radius 2 is 2.20 bits per heavy atom. The highest BCUT2D eigenvalue weighted by Gasteiger charge is 2.32. The van der Waals surface area contributed by atoms with Gasteiger partial charge in [0.2, 0.25) is 0 Å². The first-order chi connectivity index (χ1) is 4.50. The van der Waals surface area contributed by atoms with Crippen molar-refractivity contribution in [1.82, 2.24) is 5.32 Å². The Hall–Kier alpha value is -0.730. The highest BCUT2D eigenvalue weighted by Crippen LogP contribution is 2.21. The summed E-state index contributed by atoms with van der Waals surface area (Å²) in [5, 5.41) is 2.73. The second kappa shape index (κ2) is 2.15. The standard InChI is InChI=1S/C7H13NO2/c1-7(2,3)5-4-10-6(9)8-5/h5H,4H2,1-3H3,(H,8,9). The molecule has 0 radical (unpaired) electrons. The summed E-state index contributed by atoms with van der Waals surface area (Å²) < 4.78 is 4.74. The van der Waals surface area contributed by atoms with E-state index in [-0.39, 0.29) is 17.6 Å². The highest BCUT2D eigenvalue weighted by molar-refractivity contribution is 5.69. The average molecular weight is 143 g/mol. The molecule has 0 aromatic carbocycles. The van der Waals surface area contributed by atoms with Gasteiger partial charge in [-0.2, -0.15) is 0 Å². The minimum absolute atomic E-state index is 0.103. The lowest BCUT2D eigenvalue weighted by Gasteiger charge is -2.23. The van der Waals surface area contributed by atoms with Crippen LogP contribution in [0.5, 0.6) is 0 Å². The van der Waals surface area contributed by atoms with Gasteiger partial charge in [0, 0.05) is 0 Å². The molecule has 1 saturated heterocycles. The summed E-state index contributed by atoms with van der Waals surface area (Å²) in [5.74, 6) is 0. The maximum atomic E-state index is 10.6. The van der Waals surface area contributed by atoms with Crippen molar-refractivity contribution in [3.63, 3.8) is 0 Å². The van der Waals surface area contributed by atoms with Crippen LogP contribution in [0.25, 0.3) is 0 Å². The molecule has 0 bridgehead atoms. The molecule has 10 heavy (non-hydrogen) atoms. The second-order valence-electron chi connectivity index (χ2n) is 3.66. The van der Waals surface area contributed by atoms with Gasteiger partial charge in [0.25, 0.3) is 0 Å². The minimum atomic E-state index is -0.292. The average Bonchev–Trinajstić information content (AvgIpc) is 2.11. The molecule has 1 amide bonds. The molecule has 3 heteroatoms. The Morgan fingerprint density at radius 3 is 2.40 bits per heavy atom. The van der Waals surface area contributed by atoms with Crippen molar-refractivity contribution in [3.05, 3.63) is 0 Å². The van der Waals surface area contributed by atoms with Crippen molar-refractivity contribution >= 4 is 6.09 Å². The summed E-state index contributed by atoms with van der Waals surface area (Å²) in [6.45, 7) is 6.73. The molecule has 1 aliphatic rings. The van der Waals surface area contributed by atoms with E-state index in [9.17, 15) is 4.79 Å². The van der Waals surface area contributed by atoms with Gasteiger partial charge in [-0.25, -0.2) is 4.79 Å². The van der Waals surface area contributed by atoms with Crippen LogP contribution in [-0.2, 0) is 4.74 Å². The van der Waals surface area contributed by atoms with E-state index in [0.717, 1.165) is 0 Å². The largest absolute Gasteiger partial charge is 0.447 e. The number of carbonyl (C=O) groups excluding carboxylic acids is 1. The van der Waals surface area contributed by atoms with Gasteiger partial charge in [-0.05, 0) is 5.41 Å². The summed E-state index contributed by atoms with van der Waals surface area (Å²) in [4.78, 5) is 10.6. The number of nitrogens with one attached hydrogen (secondary N) is 1. The van der Waals surface area contributed by atoms with E-state index in [1.165, 1.54) is 0 Å². The van der Waals surface area contributed by atoms with Crippen LogP contribution in [0.1, 0.15) is 20.8 Å². The molecule has 0 spiro atoms. The normalized spacial score (nSPS) is 25.9. The number of ether oxygens (including phenoxy) is 1. The van der Waals surface area contributed by atoms with Crippen LogP contribution in [0, 0.1) is 5.41 Å². The third-order valence-corrected chi connectivity index (χ3v) is 1.72. The molecule has 0 aliphatic carbocycles. The summed E-state index contributed by atoms with van der Waals surface area (Å²) in [6.07, 6.45) is -0.292. The summed E-state index contributed by atoms with van der Waals surface area (Å²) >= 11 is 0. The number of carbonyl (C=O) groups is 1. The van der Waals surface area contributed by atoms with Gasteiger partial charge in [0.05, 0.1) is 6.04 Å². The molecule has 58 valence electrons. The molecule has 3 nitrogen and oxygen atoms in total. The number of hydrogen-bond acceptors (Lipinski definition) is 2. The number of rotatable bonds is 0. The van der Waals surface area contributed by atoms with Crippen molar-refractivity contribution in [2.45, 2.75) is 26.8 Å². The Bertz CT molecular complexity index is 148. The first-order valence-corrected chi connectivity index (χ1v) is 3.43. The first-order valence-electron chi connectivity index (χ1n) is 3.43. The summed E-state index contributed by atoms with van der Waals surface area (Å²) in [5.41, 5.74) is 0.103. The molecule has 0 saturated carbocycles. The van der Waals surface area contributed by atoms with Gasteiger partial charge in [-0.1, -0.05) is 20.8 Å². The number of hydrogen-bond donors (Lipinski definition) is 1. The molecule has 1 heterocycles. The van der Waals surface area contributed by atoms with Gasteiger partial charge < -0.3 is 10.1 Å². The quantitative estimate of drug-likeness (QED) is 0.552. The predicted octanol–water partition coefficient (Wildman–Crippen LogP) is 1.14. The Kier molecular flexibility index (Phi) is 1.58. The van der Waals surface area contributed by atoms with E-state index in [1.54, 1.807) is 0 Å². The predicted molar refractivity (Wildman–Crippen MR) is 37.7 cm³/mol. The maximum Gasteiger partial charge on any atom is 0.407 e. The Labute approximate surface area is 60.7 Å². The molecule has 1 N–H and O–H groups in total. The molecule has 1 unspecified atom stereocenters. The molecule has 1 rings (SSSR count). The second-order valence-corrected chi connectivity index (χ2v) is 3.66. The van der Waals surface area contributed by atoms with Gasteiger partial charge in [0.1, 0.15) is 6.61 Å². The maximum absolute atomic E-state index is 10.6. The van der Waals surface area contributed by atoms with E-state index in [2.05, 4.69) is 26.1 Å². The molecular formula is C7H13NO2. The lowest BCUT2D eigenvalue weighted by atomic mass is 9.88. The van der Waals surface area contributed by atoms with Crippen molar-refractivity contribution in [1.29, 1.82) is 0 Å². The van der Waals surface area contributed by atoms with Crippen LogP contribution in [0.15, 0.2) is 0 Å². The van der Waals surface area contributed by atoms with Crippen LogP contribution >= 0.6 is 0 Å². The topological polar surface area (TPSA) is 38.3 Å². The third-order valence-electron chi connectivity index (χ3n) is 1.72. The third kappa shape index (κ3) is 1.40. The summed E-state index contributed by atoms with van der Waals surface area (Å²) in [7, 11) is 0. The van der Waals surface area contributed by atoms with Crippen LogP contribution < -0.4 is 5.32 Å². The van der Waals surface area contributed by atoms with E-state index < -0.39 is 0 Å². The van der Waals surface area contributed by atoms with Crippen LogP contribution in [-0.4, -0.2) is 18.7 Å². The molecule has 1 atom stereocenters. The fraction of sp³-hybridized carbons (Fsp3) is 0.857. The van der Waals surface area contributed by atoms with Crippen molar-refractivity contribution in [2.24, 2.45) is 5.41 Å². The monoisotopic (exact) mass is 143 g/mol. The SMILES string of the molecule is CC(C)(C)C1COC(=O)N1. The smallest absolute Gasteiger partial charge is 0.407 e. The van der Waals surface area contributed by atoms with E-state index >= 15 is 0 Å². The zero-order chi connectivity index (χ0) is 7.78. The van der Waals surface area contributed by atoms with E-state index in [0.29, 0.717) is 6.61 Å². The lowest BCUT2D eigenvalue weighted by Crippen LogP contribution is -2.38. The zero-order valence-electron chi connectivity index (χ0n) is 6.60. The Balaban J connectivity index is 2.53. The van der Waals surface area contributed by atoms with Crippen LogP contribution in [0.2, 0.25) is 0 Å². The molecule has 1 aliphatic heterocycles. The van der Waals surface area contributed by atoms with Crippen LogP contribution in [0.4, 0.5) is 4.79 Å². The van der Waals surface area contributed by atoms with Gasteiger partial charge in [-0.3, -0.25) is 0 Å². The number of alkyl carbamates (subject to hydrolysis) is 1. The number of cyclic esters (lactones) is 1. The molecule has 0 aromatic heterocycles. The van der Waals surface area contributed by atoms with Crippen molar-refractivity contribution < 1.29 is 9.53 Å². The molecular weight excluding hydrogens is 130 g/mol. The fourth-order valence-electron chi connectivity index (χ4n) is 0.851. The van der Waals surface area contributed by atoms with E-state index in [1.807, 2.05) is 0 Å². The zero-order valence-corrected chi connectivity index (χ0v) is 6.60. The fourth-order valence-corrected chi connectivity index (χ4v) is 0.851. The first kappa shape index (κ1) is 7.38. The van der Waals surface area contributed by atoms with Gasteiger partial charge in [-0.15, -0.1) is 0 Å². The van der Waals surface area contributed by atoms with E-state index in [4.69, 9.17) is 4.74 Å². The molecule has 0 aromatic rings. The number of amides is 1. The lowest BCUT2D eigenvalue weighted by molar-refractivity contribution is 0.172. The Morgan fingerprint density at radius 1 is 1.60 bits per heavy atom. The van der Waals surface area contributed by atoms with Crippen molar-refractivity contribution in [2.75, 3.05) is 6.61 Å². The van der Waals surface area contributed by atoms with Gasteiger partial charge >= 0.3 is 6.09 Å². The minimum Gasteiger partial charge on any atom is -0.447 e.